The first-order valence-electron chi connectivity index (χ1n) is 7.29. The zero-order valence-corrected chi connectivity index (χ0v) is 14.2. The number of benzene rings is 1. The maximum absolute atomic E-state index is 13.0. The van der Waals surface area contributed by atoms with E-state index in [9.17, 15) is 23.1 Å². The summed E-state index contributed by atoms with van der Waals surface area (Å²) in [5, 5.41) is 11.8. The number of aliphatic hydroxyl groups is 1. The summed E-state index contributed by atoms with van der Waals surface area (Å²) in [6.45, 7) is 3.30. The second kappa shape index (κ2) is 8.59. The first-order valence-corrected chi connectivity index (χ1v) is 8.58. The lowest BCUT2D eigenvalue weighted by atomic mass is 9.92. The number of aliphatic hydroxyl groups excluding tert-OH is 1. The minimum atomic E-state index is -4.44. The molecule has 1 amide bonds. The first kappa shape index (κ1) is 19.8. The minimum Gasteiger partial charge on any atom is -0.395 e. The van der Waals surface area contributed by atoms with Crippen molar-refractivity contribution >= 4 is 17.7 Å². The second-order valence-corrected chi connectivity index (χ2v) is 6.58. The van der Waals surface area contributed by atoms with Gasteiger partial charge in [0, 0.05) is 17.7 Å². The average molecular weight is 349 g/mol. The van der Waals surface area contributed by atoms with Crippen LogP contribution in [-0.4, -0.2) is 35.2 Å². The quantitative estimate of drug-likeness (QED) is 0.793. The van der Waals surface area contributed by atoms with E-state index < -0.39 is 17.7 Å². The molecule has 7 heteroatoms. The van der Waals surface area contributed by atoms with Crippen LogP contribution in [0.4, 0.5) is 13.2 Å². The van der Waals surface area contributed by atoms with Gasteiger partial charge in [0.15, 0.2) is 0 Å². The highest BCUT2D eigenvalue weighted by molar-refractivity contribution is 7.99. The van der Waals surface area contributed by atoms with Crippen molar-refractivity contribution < 1.29 is 23.1 Å². The lowest BCUT2D eigenvalue weighted by molar-refractivity contribution is -0.138. The summed E-state index contributed by atoms with van der Waals surface area (Å²) >= 11 is 1.43. The van der Waals surface area contributed by atoms with Gasteiger partial charge >= 0.3 is 6.18 Å². The van der Waals surface area contributed by atoms with E-state index >= 15 is 0 Å². The molecule has 23 heavy (non-hydrogen) atoms. The van der Waals surface area contributed by atoms with Crippen LogP contribution in [0.15, 0.2) is 24.3 Å². The molecule has 0 heterocycles. The zero-order valence-electron chi connectivity index (χ0n) is 13.4. The molecular weight excluding hydrogens is 327 g/mol. The lowest BCUT2D eigenvalue weighted by Gasteiger charge is -2.23. The topological polar surface area (TPSA) is 49.3 Å². The van der Waals surface area contributed by atoms with Crippen molar-refractivity contribution in [2.24, 2.45) is 0 Å². The van der Waals surface area contributed by atoms with Gasteiger partial charge in [-0.3, -0.25) is 4.79 Å². The zero-order chi connectivity index (χ0) is 17.6. The Morgan fingerprint density at radius 2 is 1.91 bits per heavy atom. The molecular formula is C16H22F3NO2S. The predicted molar refractivity (Wildman–Crippen MR) is 86.5 cm³/mol. The molecule has 0 spiro atoms. The Labute approximate surface area is 138 Å². The van der Waals surface area contributed by atoms with E-state index in [1.165, 1.54) is 30.0 Å². The summed E-state index contributed by atoms with van der Waals surface area (Å²) in [5.41, 5.74) is -0.586. The molecule has 1 rings (SSSR count). The maximum atomic E-state index is 13.0. The maximum Gasteiger partial charge on any atom is 0.416 e. The smallest absolute Gasteiger partial charge is 0.395 e. The van der Waals surface area contributed by atoms with Gasteiger partial charge in [0.2, 0.25) is 5.91 Å². The number of alkyl halides is 3. The van der Waals surface area contributed by atoms with Crippen molar-refractivity contribution in [2.45, 2.75) is 43.7 Å². The number of amides is 1. The van der Waals surface area contributed by atoms with Gasteiger partial charge in [0.1, 0.15) is 0 Å². The third-order valence-electron chi connectivity index (χ3n) is 3.72. The SMILES string of the molecule is CSC(CO)C(C)NC(=O)CC(C)c1ccccc1C(F)(F)F. The van der Waals surface area contributed by atoms with Crippen LogP contribution >= 0.6 is 11.8 Å². The van der Waals surface area contributed by atoms with E-state index in [-0.39, 0.29) is 35.8 Å². The van der Waals surface area contributed by atoms with Gasteiger partial charge in [0.25, 0.3) is 0 Å². The Morgan fingerprint density at radius 1 is 1.30 bits per heavy atom. The number of carbonyl (C=O) groups is 1. The molecule has 0 radical (unpaired) electrons. The molecule has 0 bridgehead atoms. The van der Waals surface area contributed by atoms with Gasteiger partial charge < -0.3 is 10.4 Å². The average Bonchev–Trinajstić information content (AvgIpc) is 2.47. The van der Waals surface area contributed by atoms with E-state index in [1.807, 2.05) is 6.26 Å². The van der Waals surface area contributed by atoms with Gasteiger partial charge in [-0.1, -0.05) is 25.1 Å². The second-order valence-electron chi connectivity index (χ2n) is 5.50. The number of carbonyl (C=O) groups excluding carboxylic acids is 1. The van der Waals surface area contributed by atoms with Crippen molar-refractivity contribution in [1.29, 1.82) is 0 Å². The number of halogens is 3. The van der Waals surface area contributed by atoms with Crippen molar-refractivity contribution in [1.82, 2.24) is 5.32 Å². The molecule has 2 N–H and O–H groups in total. The molecule has 0 aliphatic heterocycles. The Kier molecular flexibility index (Phi) is 7.41. The molecule has 0 aliphatic carbocycles. The Bertz CT molecular complexity index is 518. The summed E-state index contributed by atoms with van der Waals surface area (Å²) in [5.74, 6) is -0.878. The molecule has 130 valence electrons. The first-order chi connectivity index (χ1) is 10.7. The fourth-order valence-corrected chi connectivity index (χ4v) is 3.04. The van der Waals surface area contributed by atoms with Crippen LogP contribution in [0, 0.1) is 0 Å². The lowest BCUT2D eigenvalue weighted by Crippen LogP contribution is -2.41. The summed E-state index contributed by atoms with van der Waals surface area (Å²) in [6, 6.07) is 5.06. The molecule has 3 nitrogen and oxygen atoms in total. The highest BCUT2D eigenvalue weighted by Gasteiger charge is 2.34. The largest absolute Gasteiger partial charge is 0.416 e. The van der Waals surface area contributed by atoms with Crippen molar-refractivity contribution in [3.8, 4) is 0 Å². The highest BCUT2D eigenvalue weighted by atomic mass is 32.2. The molecule has 3 unspecified atom stereocenters. The summed E-state index contributed by atoms with van der Waals surface area (Å²) in [6.07, 6.45) is -2.65. The van der Waals surface area contributed by atoms with Crippen molar-refractivity contribution in [2.75, 3.05) is 12.9 Å². The fraction of sp³-hybridized carbons (Fsp3) is 0.562. The molecule has 0 fully saturated rings. The Balaban J connectivity index is 2.77. The van der Waals surface area contributed by atoms with Crippen LogP contribution in [0.5, 0.6) is 0 Å². The summed E-state index contributed by atoms with van der Waals surface area (Å²) in [7, 11) is 0. The molecule has 1 aromatic rings. The third kappa shape index (κ3) is 5.73. The normalized spacial score (nSPS) is 15.8. The number of hydrogen-bond acceptors (Lipinski definition) is 3. The monoisotopic (exact) mass is 349 g/mol. The van der Waals surface area contributed by atoms with Gasteiger partial charge in [0.05, 0.1) is 12.2 Å². The summed E-state index contributed by atoms with van der Waals surface area (Å²) < 4.78 is 39.1. The van der Waals surface area contributed by atoms with E-state index in [2.05, 4.69) is 5.32 Å². The summed E-state index contributed by atoms with van der Waals surface area (Å²) in [4.78, 5) is 12.1. The van der Waals surface area contributed by atoms with Crippen molar-refractivity contribution in [3.05, 3.63) is 35.4 Å². The van der Waals surface area contributed by atoms with Gasteiger partial charge in [-0.25, -0.2) is 0 Å². The van der Waals surface area contributed by atoms with Crippen LogP contribution in [0.2, 0.25) is 0 Å². The Hall–Kier alpha value is -1.21. The molecule has 0 saturated heterocycles. The van der Waals surface area contributed by atoms with Crippen LogP contribution < -0.4 is 5.32 Å². The van der Waals surface area contributed by atoms with Crippen LogP contribution in [0.25, 0.3) is 0 Å². The van der Waals surface area contributed by atoms with Crippen molar-refractivity contribution in [3.63, 3.8) is 0 Å². The number of hydrogen-bond donors (Lipinski definition) is 2. The number of thioether (sulfide) groups is 1. The van der Waals surface area contributed by atoms with E-state index in [0.29, 0.717) is 0 Å². The number of nitrogens with one attached hydrogen (secondary N) is 1. The predicted octanol–water partition coefficient (Wildman–Crippen LogP) is 3.43. The van der Waals surface area contributed by atoms with Crippen LogP contribution in [-0.2, 0) is 11.0 Å². The van der Waals surface area contributed by atoms with Crippen LogP contribution in [0.1, 0.15) is 37.3 Å². The van der Waals surface area contributed by atoms with E-state index in [1.54, 1.807) is 13.8 Å². The van der Waals surface area contributed by atoms with E-state index in [4.69, 9.17) is 0 Å². The molecule has 3 atom stereocenters. The molecule has 0 aliphatic rings. The third-order valence-corrected chi connectivity index (χ3v) is 4.88. The Morgan fingerprint density at radius 3 is 2.43 bits per heavy atom. The molecule has 1 aromatic carbocycles. The minimum absolute atomic E-state index is 0.0377. The molecule has 0 aromatic heterocycles. The van der Waals surface area contributed by atoms with Gasteiger partial charge in [-0.05, 0) is 30.7 Å². The standard InChI is InChI=1S/C16H22F3NO2S/c1-10(8-15(22)20-11(2)14(9-21)23-3)12-6-4-5-7-13(12)16(17,18)19/h4-7,10-11,14,21H,8-9H2,1-3H3,(H,20,22). The molecule has 0 saturated carbocycles. The van der Waals surface area contributed by atoms with Gasteiger partial charge in [-0.15, -0.1) is 0 Å². The highest BCUT2D eigenvalue weighted by Crippen LogP contribution is 2.35. The van der Waals surface area contributed by atoms with Gasteiger partial charge in [-0.2, -0.15) is 24.9 Å². The van der Waals surface area contributed by atoms with E-state index in [0.717, 1.165) is 6.07 Å². The van der Waals surface area contributed by atoms with Crippen LogP contribution in [0.3, 0.4) is 0 Å². The number of rotatable bonds is 7. The fourth-order valence-electron chi connectivity index (χ4n) is 2.42.